The molecule has 1 aliphatic rings. The molecule has 56 valence electrons. The highest BCUT2D eigenvalue weighted by Gasteiger charge is 2.08. The van der Waals surface area contributed by atoms with E-state index in [1.165, 1.54) is 16.9 Å². The van der Waals surface area contributed by atoms with Gasteiger partial charge in [-0.15, -0.1) is 11.3 Å². The summed E-state index contributed by atoms with van der Waals surface area (Å²) in [7, 11) is -1.03. The van der Waals surface area contributed by atoms with Gasteiger partial charge in [0.15, 0.2) is 0 Å². The summed E-state index contributed by atoms with van der Waals surface area (Å²) in [4.78, 5) is 7.97. The van der Waals surface area contributed by atoms with Crippen molar-refractivity contribution in [3.05, 3.63) is 22.0 Å². The number of rotatable bonds is 1. The third-order valence-electron chi connectivity index (χ3n) is 1.22. The molecule has 0 amide bonds. The van der Waals surface area contributed by atoms with Crippen LogP contribution in [-0.4, -0.2) is 14.7 Å². The number of nitrogens with zero attached hydrogens (tertiary/aromatic N) is 2. The molecule has 0 fully saturated rings. The molecule has 5 heteroatoms. The van der Waals surface area contributed by atoms with Crippen LogP contribution in [0.3, 0.4) is 0 Å². The van der Waals surface area contributed by atoms with E-state index in [1.807, 2.05) is 5.38 Å². The quantitative estimate of drug-likeness (QED) is 0.658. The highest BCUT2D eigenvalue weighted by Crippen LogP contribution is 2.19. The van der Waals surface area contributed by atoms with E-state index >= 15 is 0 Å². The first-order chi connectivity index (χ1) is 5.36. The van der Waals surface area contributed by atoms with Gasteiger partial charge in [0.05, 0.1) is 27.6 Å². The van der Waals surface area contributed by atoms with Crippen LogP contribution in [0.15, 0.2) is 21.3 Å². The van der Waals surface area contributed by atoms with Gasteiger partial charge in [0.2, 0.25) is 0 Å². The van der Waals surface area contributed by atoms with E-state index in [1.54, 1.807) is 10.9 Å². The van der Waals surface area contributed by atoms with Gasteiger partial charge in [-0.2, -0.15) is 0 Å². The summed E-state index contributed by atoms with van der Waals surface area (Å²) in [6.45, 7) is 0. The molecule has 11 heavy (non-hydrogen) atoms. The second-order valence-electron chi connectivity index (χ2n) is 1.94. The molecule has 0 bridgehead atoms. The van der Waals surface area contributed by atoms with Crippen molar-refractivity contribution in [3.63, 3.8) is 0 Å². The van der Waals surface area contributed by atoms with Crippen molar-refractivity contribution in [2.45, 2.75) is 0 Å². The van der Waals surface area contributed by atoms with Gasteiger partial charge < -0.3 is 0 Å². The Hall–Kier alpha value is -0.810. The Balaban J connectivity index is 2.40. The SMILES string of the molecule is O=S1C=NC(c2cscn2)=C1. The van der Waals surface area contributed by atoms with Crippen LogP contribution in [0.1, 0.15) is 5.69 Å². The summed E-state index contributed by atoms with van der Waals surface area (Å²) in [6, 6.07) is 0. The summed E-state index contributed by atoms with van der Waals surface area (Å²) < 4.78 is 10.8. The van der Waals surface area contributed by atoms with Gasteiger partial charge in [0.1, 0.15) is 5.69 Å². The minimum Gasteiger partial charge on any atom is -0.249 e. The number of hydrogen-bond acceptors (Lipinski definition) is 4. The van der Waals surface area contributed by atoms with Gasteiger partial charge in [0, 0.05) is 10.8 Å². The lowest BCUT2D eigenvalue weighted by atomic mass is 10.4. The van der Waals surface area contributed by atoms with Crippen LogP contribution in [0, 0.1) is 0 Å². The zero-order valence-corrected chi connectivity index (χ0v) is 7.06. The van der Waals surface area contributed by atoms with Gasteiger partial charge in [-0.1, -0.05) is 0 Å². The second-order valence-corrected chi connectivity index (χ2v) is 3.76. The molecule has 1 atom stereocenters. The van der Waals surface area contributed by atoms with E-state index in [4.69, 9.17) is 0 Å². The molecule has 1 aliphatic heterocycles. The maximum Gasteiger partial charge on any atom is 0.100 e. The van der Waals surface area contributed by atoms with Gasteiger partial charge >= 0.3 is 0 Å². The molecule has 0 aliphatic carbocycles. The van der Waals surface area contributed by atoms with Gasteiger partial charge in [0.25, 0.3) is 0 Å². The van der Waals surface area contributed by atoms with Crippen LogP contribution >= 0.6 is 11.3 Å². The van der Waals surface area contributed by atoms with Crippen LogP contribution in [0.2, 0.25) is 0 Å². The van der Waals surface area contributed by atoms with Crippen LogP contribution in [0.5, 0.6) is 0 Å². The first-order valence-corrected chi connectivity index (χ1v) is 5.12. The highest BCUT2D eigenvalue weighted by molar-refractivity contribution is 8.01. The largest absolute Gasteiger partial charge is 0.249 e. The molecule has 1 unspecified atom stereocenters. The zero-order valence-electron chi connectivity index (χ0n) is 5.43. The fraction of sp³-hybridized carbons (Fsp3) is 0. The molecule has 0 radical (unpaired) electrons. The summed E-state index contributed by atoms with van der Waals surface area (Å²) in [5.41, 5.74) is 4.66. The molecule has 1 aromatic heterocycles. The van der Waals surface area contributed by atoms with Crippen LogP contribution in [0.25, 0.3) is 5.70 Å². The van der Waals surface area contributed by atoms with Crippen LogP contribution < -0.4 is 0 Å². The van der Waals surface area contributed by atoms with Crippen LogP contribution in [-0.2, 0) is 10.8 Å². The Labute approximate surface area is 70.0 Å². The minimum absolute atomic E-state index is 0.713. The Morgan fingerprint density at radius 2 is 2.45 bits per heavy atom. The Morgan fingerprint density at radius 3 is 3.00 bits per heavy atom. The number of thiazole rings is 1. The molecule has 0 spiro atoms. The third kappa shape index (κ3) is 1.29. The Kier molecular flexibility index (Phi) is 1.67. The zero-order chi connectivity index (χ0) is 7.68. The van der Waals surface area contributed by atoms with Gasteiger partial charge in [-0.3, -0.25) is 0 Å². The lowest BCUT2D eigenvalue weighted by Crippen LogP contribution is -1.76. The van der Waals surface area contributed by atoms with E-state index in [-0.39, 0.29) is 0 Å². The molecule has 3 nitrogen and oxygen atoms in total. The average molecular weight is 184 g/mol. The monoisotopic (exact) mass is 184 g/mol. The van der Waals surface area contributed by atoms with Crippen molar-refractivity contribution in [2.24, 2.45) is 4.99 Å². The van der Waals surface area contributed by atoms with Crippen molar-refractivity contribution in [3.8, 4) is 0 Å². The first kappa shape index (κ1) is 6.87. The van der Waals surface area contributed by atoms with E-state index < -0.39 is 10.8 Å². The van der Waals surface area contributed by atoms with E-state index in [0.29, 0.717) is 5.70 Å². The molecule has 0 aromatic carbocycles. The average Bonchev–Trinajstić information content (AvgIpc) is 2.55. The normalized spacial score (nSPS) is 22.2. The van der Waals surface area contributed by atoms with E-state index in [0.717, 1.165) is 5.69 Å². The number of aliphatic imine (C=N–C) groups is 1. The summed E-state index contributed by atoms with van der Waals surface area (Å²) >= 11 is 1.50. The standard InChI is InChI=1S/C6H4N2OS2/c9-11-2-6(8-4-11)5-1-10-3-7-5/h1-4H. The predicted octanol–water partition coefficient (Wildman–Crippen LogP) is 1.23. The lowest BCUT2D eigenvalue weighted by molar-refractivity contribution is 0.695. The minimum atomic E-state index is -1.03. The molecule has 2 heterocycles. The fourth-order valence-corrected chi connectivity index (χ4v) is 1.97. The molecule has 1 aromatic rings. The van der Waals surface area contributed by atoms with E-state index in [9.17, 15) is 4.21 Å². The van der Waals surface area contributed by atoms with Crippen LogP contribution in [0.4, 0.5) is 0 Å². The molecular formula is C6H4N2OS2. The molecular weight excluding hydrogens is 180 g/mol. The lowest BCUT2D eigenvalue weighted by Gasteiger charge is -1.86. The van der Waals surface area contributed by atoms with Crippen molar-refractivity contribution >= 4 is 33.4 Å². The maximum absolute atomic E-state index is 10.8. The number of aromatic nitrogens is 1. The Bertz CT molecular complexity index is 339. The summed E-state index contributed by atoms with van der Waals surface area (Å²) in [5.74, 6) is 0. The molecule has 2 rings (SSSR count). The fourth-order valence-electron chi connectivity index (χ4n) is 0.745. The van der Waals surface area contributed by atoms with Crippen molar-refractivity contribution in [1.82, 2.24) is 4.98 Å². The first-order valence-electron chi connectivity index (χ1n) is 2.90. The van der Waals surface area contributed by atoms with Crippen molar-refractivity contribution in [2.75, 3.05) is 0 Å². The summed E-state index contributed by atoms with van der Waals surface area (Å²) in [5, 5.41) is 3.47. The Morgan fingerprint density at radius 1 is 1.55 bits per heavy atom. The topological polar surface area (TPSA) is 42.3 Å². The molecule has 0 saturated heterocycles. The number of hydrogen-bond donors (Lipinski definition) is 0. The molecule has 0 saturated carbocycles. The van der Waals surface area contributed by atoms with E-state index in [2.05, 4.69) is 9.98 Å². The second kappa shape index (κ2) is 2.67. The smallest absolute Gasteiger partial charge is 0.100 e. The molecule has 0 N–H and O–H groups in total. The highest BCUT2D eigenvalue weighted by atomic mass is 32.2. The van der Waals surface area contributed by atoms with Gasteiger partial charge in [-0.05, 0) is 0 Å². The van der Waals surface area contributed by atoms with Crippen molar-refractivity contribution in [1.29, 1.82) is 0 Å². The van der Waals surface area contributed by atoms with Gasteiger partial charge in [-0.25, -0.2) is 14.2 Å². The van der Waals surface area contributed by atoms with Crippen molar-refractivity contribution < 1.29 is 4.21 Å². The predicted molar refractivity (Wildman–Crippen MR) is 46.7 cm³/mol. The summed E-state index contributed by atoms with van der Waals surface area (Å²) in [6.07, 6.45) is 0. The maximum atomic E-state index is 10.8. The third-order valence-corrected chi connectivity index (χ3v) is 2.57.